The van der Waals surface area contributed by atoms with Crippen LogP contribution in [0.2, 0.25) is 0 Å². The number of carbonyl (C=O) groups is 1. The average Bonchev–Trinajstić information content (AvgIpc) is 3.44. The molecule has 1 aliphatic heterocycles. The second-order valence-electron chi connectivity index (χ2n) is 7.99. The second-order valence-corrected chi connectivity index (χ2v) is 9.95. The van der Waals surface area contributed by atoms with Crippen LogP contribution in [-0.4, -0.2) is 25.7 Å². The molecule has 3 aromatic carbocycles. The van der Waals surface area contributed by atoms with Crippen LogP contribution in [0.25, 0.3) is 10.9 Å². The van der Waals surface area contributed by atoms with Crippen molar-refractivity contribution in [3.8, 4) is 11.5 Å². The lowest BCUT2D eigenvalue weighted by atomic mass is 10.2. The second kappa shape index (κ2) is 8.83. The van der Waals surface area contributed by atoms with Crippen molar-refractivity contribution in [1.29, 1.82) is 0 Å². The van der Waals surface area contributed by atoms with E-state index in [-0.39, 0.29) is 29.9 Å². The van der Waals surface area contributed by atoms with Crippen molar-refractivity contribution in [2.45, 2.75) is 23.7 Å². The minimum Gasteiger partial charge on any atom is -0.454 e. The van der Waals surface area contributed by atoms with Gasteiger partial charge in [-0.05, 0) is 41.5 Å². The molecule has 1 aliphatic rings. The van der Waals surface area contributed by atoms with Gasteiger partial charge in [-0.3, -0.25) is 4.79 Å². The fraction of sp³-hybridized carbons (Fsp3) is 0.160. The number of benzene rings is 3. The van der Waals surface area contributed by atoms with Crippen LogP contribution in [0, 0.1) is 5.82 Å². The molecule has 0 bridgehead atoms. The molecule has 0 saturated heterocycles. The molecule has 9 heteroatoms. The van der Waals surface area contributed by atoms with Crippen LogP contribution in [0.1, 0.15) is 11.1 Å². The van der Waals surface area contributed by atoms with Gasteiger partial charge in [-0.1, -0.05) is 36.4 Å². The Labute approximate surface area is 195 Å². The van der Waals surface area contributed by atoms with E-state index < -0.39 is 15.7 Å². The number of rotatable bonds is 7. The molecule has 0 aliphatic carbocycles. The van der Waals surface area contributed by atoms with Crippen LogP contribution in [0.5, 0.6) is 11.5 Å². The van der Waals surface area contributed by atoms with Crippen LogP contribution in [-0.2, 0) is 33.5 Å². The largest absolute Gasteiger partial charge is 0.454 e. The summed E-state index contributed by atoms with van der Waals surface area (Å²) in [5, 5.41) is 3.39. The minimum absolute atomic E-state index is 0.0445. The standard InChI is InChI=1S/C25H21FN2O5S/c26-19-8-5-17(6-9-19)15-34(30,31)24-13-28(21-4-2-1-3-20(21)24)14-25(29)27-12-18-7-10-22-23(11-18)33-16-32-22/h1-11,13H,12,14-16H2,(H,27,29). The fourth-order valence-corrected chi connectivity index (χ4v) is 5.51. The van der Waals surface area contributed by atoms with Gasteiger partial charge in [0.15, 0.2) is 21.3 Å². The van der Waals surface area contributed by atoms with Crippen LogP contribution < -0.4 is 14.8 Å². The molecule has 0 atom stereocenters. The number of ether oxygens (including phenoxy) is 2. The predicted molar refractivity (Wildman–Crippen MR) is 124 cm³/mol. The molecule has 0 spiro atoms. The van der Waals surface area contributed by atoms with Gasteiger partial charge in [0.05, 0.1) is 10.6 Å². The van der Waals surface area contributed by atoms with E-state index in [0.717, 1.165) is 5.56 Å². The zero-order valence-electron chi connectivity index (χ0n) is 18.0. The summed E-state index contributed by atoms with van der Waals surface area (Å²) < 4.78 is 51.8. The zero-order valence-corrected chi connectivity index (χ0v) is 18.8. The lowest BCUT2D eigenvalue weighted by Gasteiger charge is -2.08. The van der Waals surface area contributed by atoms with Crippen molar-refractivity contribution in [3.05, 3.63) is 89.9 Å². The van der Waals surface area contributed by atoms with E-state index in [1.165, 1.54) is 30.5 Å². The molecule has 0 fully saturated rings. The van der Waals surface area contributed by atoms with Gasteiger partial charge in [-0.15, -0.1) is 0 Å². The number of fused-ring (bicyclic) bond motifs is 2. The molecule has 1 N–H and O–H groups in total. The Hall–Kier alpha value is -3.85. The third-order valence-electron chi connectivity index (χ3n) is 5.60. The lowest BCUT2D eigenvalue weighted by Crippen LogP contribution is -2.26. The maximum absolute atomic E-state index is 13.2. The first-order valence-corrected chi connectivity index (χ1v) is 12.2. The molecule has 0 radical (unpaired) electrons. The third kappa shape index (κ3) is 4.47. The Balaban J connectivity index is 1.34. The first-order chi connectivity index (χ1) is 16.4. The highest BCUT2D eigenvalue weighted by Crippen LogP contribution is 2.32. The molecule has 0 saturated carbocycles. The molecule has 1 amide bonds. The monoisotopic (exact) mass is 480 g/mol. The van der Waals surface area contributed by atoms with E-state index in [9.17, 15) is 17.6 Å². The van der Waals surface area contributed by atoms with Crippen molar-refractivity contribution in [2.24, 2.45) is 0 Å². The summed E-state index contributed by atoms with van der Waals surface area (Å²) in [5.74, 6) is 0.352. The molecular formula is C25H21FN2O5S. The Kier molecular flexibility index (Phi) is 5.70. The number of para-hydroxylation sites is 1. The van der Waals surface area contributed by atoms with Crippen LogP contribution in [0.15, 0.2) is 77.8 Å². The number of hydrogen-bond donors (Lipinski definition) is 1. The summed E-state index contributed by atoms with van der Waals surface area (Å²) >= 11 is 0. The van der Waals surface area contributed by atoms with E-state index in [2.05, 4.69) is 5.32 Å². The summed E-state index contributed by atoms with van der Waals surface area (Å²) in [5.41, 5.74) is 1.98. The number of aromatic nitrogens is 1. The molecular weight excluding hydrogens is 459 g/mol. The average molecular weight is 481 g/mol. The molecule has 2 heterocycles. The van der Waals surface area contributed by atoms with Gasteiger partial charge in [0.25, 0.3) is 0 Å². The Morgan fingerprint density at radius 2 is 1.71 bits per heavy atom. The van der Waals surface area contributed by atoms with E-state index in [1.807, 2.05) is 12.1 Å². The van der Waals surface area contributed by atoms with Crippen molar-refractivity contribution < 1.29 is 27.1 Å². The summed E-state index contributed by atoms with van der Waals surface area (Å²) in [6.07, 6.45) is 1.49. The van der Waals surface area contributed by atoms with Crippen molar-refractivity contribution in [1.82, 2.24) is 9.88 Å². The number of amides is 1. The topological polar surface area (TPSA) is 86.6 Å². The zero-order chi connectivity index (χ0) is 23.7. The molecule has 0 unspecified atom stereocenters. The first kappa shape index (κ1) is 22.0. The number of nitrogens with one attached hydrogen (secondary N) is 1. The van der Waals surface area contributed by atoms with Crippen LogP contribution in [0.4, 0.5) is 4.39 Å². The van der Waals surface area contributed by atoms with E-state index >= 15 is 0 Å². The van der Waals surface area contributed by atoms with E-state index in [1.54, 1.807) is 34.9 Å². The summed E-state index contributed by atoms with van der Waals surface area (Å²) in [6, 6.07) is 17.9. The molecule has 1 aromatic heterocycles. The van der Waals surface area contributed by atoms with Crippen LogP contribution >= 0.6 is 0 Å². The quantitative estimate of drug-likeness (QED) is 0.435. The molecule has 4 aromatic rings. The summed E-state index contributed by atoms with van der Waals surface area (Å²) in [4.78, 5) is 12.8. The van der Waals surface area contributed by atoms with Gasteiger partial charge < -0.3 is 19.4 Å². The maximum atomic E-state index is 13.2. The SMILES string of the molecule is O=C(Cn1cc(S(=O)(=O)Cc2ccc(F)cc2)c2ccccc21)NCc1ccc2c(c1)OCO2. The van der Waals surface area contributed by atoms with E-state index in [4.69, 9.17) is 9.47 Å². The Bertz CT molecular complexity index is 1480. The van der Waals surface area contributed by atoms with Gasteiger partial charge >= 0.3 is 0 Å². The molecule has 34 heavy (non-hydrogen) atoms. The fourth-order valence-electron chi connectivity index (χ4n) is 3.93. The smallest absolute Gasteiger partial charge is 0.240 e. The van der Waals surface area contributed by atoms with Gasteiger partial charge in [0, 0.05) is 23.6 Å². The van der Waals surface area contributed by atoms with E-state index in [0.29, 0.717) is 34.5 Å². The number of halogens is 1. The van der Waals surface area contributed by atoms with Gasteiger partial charge in [0.1, 0.15) is 12.4 Å². The number of nitrogens with zero attached hydrogens (tertiary/aromatic N) is 1. The highest BCUT2D eigenvalue weighted by atomic mass is 32.2. The number of sulfone groups is 1. The van der Waals surface area contributed by atoms with Crippen molar-refractivity contribution in [2.75, 3.05) is 6.79 Å². The normalized spacial score (nSPS) is 12.7. The van der Waals surface area contributed by atoms with Gasteiger partial charge in [-0.2, -0.15) is 0 Å². The minimum atomic E-state index is -3.73. The maximum Gasteiger partial charge on any atom is 0.240 e. The molecule has 7 nitrogen and oxygen atoms in total. The number of hydrogen-bond acceptors (Lipinski definition) is 5. The number of carbonyl (C=O) groups excluding carboxylic acids is 1. The van der Waals surface area contributed by atoms with Gasteiger partial charge in [0.2, 0.25) is 12.7 Å². The highest BCUT2D eigenvalue weighted by Gasteiger charge is 2.22. The first-order valence-electron chi connectivity index (χ1n) is 10.6. The predicted octanol–water partition coefficient (Wildman–Crippen LogP) is 3.80. The summed E-state index contributed by atoms with van der Waals surface area (Å²) in [7, 11) is -3.73. The van der Waals surface area contributed by atoms with Crippen molar-refractivity contribution in [3.63, 3.8) is 0 Å². The van der Waals surface area contributed by atoms with Gasteiger partial charge in [-0.25, -0.2) is 12.8 Å². The van der Waals surface area contributed by atoms with Crippen molar-refractivity contribution >= 4 is 26.6 Å². The third-order valence-corrected chi connectivity index (χ3v) is 7.31. The van der Waals surface area contributed by atoms with Crippen LogP contribution in [0.3, 0.4) is 0 Å². The highest BCUT2D eigenvalue weighted by molar-refractivity contribution is 7.90. The Morgan fingerprint density at radius 1 is 0.971 bits per heavy atom. The molecule has 5 rings (SSSR count). The molecule has 174 valence electrons. The Morgan fingerprint density at radius 3 is 2.53 bits per heavy atom. The lowest BCUT2D eigenvalue weighted by molar-refractivity contribution is -0.121. The summed E-state index contributed by atoms with van der Waals surface area (Å²) in [6.45, 7) is 0.430.